The number of halogens is 2. The summed E-state index contributed by atoms with van der Waals surface area (Å²) in [6.07, 6.45) is 2.64. The van der Waals surface area contributed by atoms with Gasteiger partial charge in [-0.25, -0.2) is 4.39 Å². The minimum Gasteiger partial charge on any atom is -0.361 e. The molecule has 0 aliphatic heterocycles. The number of aromatic amines is 1. The molecule has 0 atom stereocenters. The summed E-state index contributed by atoms with van der Waals surface area (Å²) in [6.45, 7) is 2.93. The number of fused-ring (bicyclic) bond motifs is 1. The number of amides is 2. The molecule has 208 valence electrons. The highest BCUT2D eigenvalue weighted by atomic mass is 35.5. The second kappa shape index (κ2) is 12.8. The molecule has 5 nitrogen and oxygen atoms in total. The first kappa shape index (κ1) is 28.1. The highest BCUT2D eigenvalue weighted by Gasteiger charge is 2.23. The standard InChI is InChI=1S/C34H31ClFN3O2/c1-24-9-11-25(12-10-24)21-38(18-17-28-20-37-32-8-3-2-7-31(28)32)33(40)23-39(22-26-13-15-30(36)16-14-26)34(41)27-5-4-6-29(35)19-27/h2-16,19-20,37H,17-18,21-23H2,1H3. The maximum atomic E-state index is 13.9. The molecule has 0 aliphatic carbocycles. The Labute approximate surface area is 244 Å². The van der Waals surface area contributed by atoms with Crippen LogP contribution in [0.25, 0.3) is 10.9 Å². The van der Waals surface area contributed by atoms with Crippen LogP contribution >= 0.6 is 11.6 Å². The van der Waals surface area contributed by atoms with Crippen molar-refractivity contribution in [2.45, 2.75) is 26.4 Å². The number of hydrogen-bond acceptors (Lipinski definition) is 2. The normalized spacial score (nSPS) is 11.0. The van der Waals surface area contributed by atoms with Crippen molar-refractivity contribution in [1.29, 1.82) is 0 Å². The maximum absolute atomic E-state index is 13.9. The lowest BCUT2D eigenvalue weighted by Crippen LogP contribution is -2.43. The fraction of sp³-hybridized carbons (Fsp3) is 0.176. The molecule has 0 unspecified atom stereocenters. The average Bonchev–Trinajstić information content (AvgIpc) is 3.39. The van der Waals surface area contributed by atoms with E-state index in [0.717, 1.165) is 33.2 Å². The van der Waals surface area contributed by atoms with Gasteiger partial charge in [0.25, 0.3) is 5.91 Å². The Morgan fingerprint density at radius 3 is 2.24 bits per heavy atom. The fourth-order valence-electron chi connectivity index (χ4n) is 4.88. The van der Waals surface area contributed by atoms with Gasteiger partial charge in [0.15, 0.2) is 0 Å². The van der Waals surface area contributed by atoms with Gasteiger partial charge in [-0.15, -0.1) is 0 Å². The molecule has 7 heteroatoms. The van der Waals surface area contributed by atoms with Crippen LogP contribution in [0.5, 0.6) is 0 Å². The summed E-state index contributed by atoms with van der Waals surface area (Å²) in [4.78, 5) is 34.2. The molecule has 0 saturated heterocycles. The number of nitrogens with zero attached hydrogens (tertiary/aromatic N) is 2. The number of nitrogens with one attached hydrogen (secondary N) is 1. The van der Waals surface area contributed by atoms with Crippen LogP contribution in [-0.2, 0) is 24.3 Å². The van der Waals surface area contributed by atoms with Crippen molar-refractivity contribution in [2.75, 3.05) is 13.1 Å². The van der Waals surface area contributed by atoms with E-state index in [4.69, 9.17) is 11.6 Å². The minimum atomic E-state index is -0.362. The quantitative estimate of drug-likeness (QED) is 0.194. The molecule has 1 N–H and O–H groups in total. The van der Waals surface area contributed by atoms with Crippen molar-refractivity contribution < 1.29 is 14.0 Å². The van der Waals surface area contributed by atoms with Gasteiger partial charge in [0.05, 0.1) is 0 Å². The van der Waals surface area contributed by atoms with E-state index in [-0.39, 0.29) is 30.7 Å². The average molecular weight is 568 g/mol. The molecule has 2 amide bonds. The van der Waals surface area contributed by atoms with Gasteiger partial charge in [-0.05, 0) is 66.4 Å². The highest BCUT2D eigenvalue weighted by molar-refractivity contribution is 6.31. The van der Waals surface area contributed by atoms with E-state index < -0.39 is 0 Å². The third-order valence-corrected chi connectivity index (χ3v) is 7.38. The largest absolute Gasteiger partial charge is 0.361 e. The van der Waals surface area contributed by atoms with Gasteiger partial charge in [-0.2, -0.15) is 0 Å². The molecule has 0 aliphatic rings. The zero-order chi connectivity index (χ0) is 28.8. The number of rotatable bonds is 10. The second-order valence-corrected chi connectivity index (χ2v) is 10.6. The van der Waals surface area contributed by atoms with Crippen LogP contribution in [0.1, 0.15) is 32.6 Å². The molecular weight excluding hydrogens is 537 g/mol. The van der Waals surface area contributed by atoms with Gasteiger partial charge >= 0.3 is 0 Å². The number of hydrogen-bond donors (Lipinski definition) is 1. The van der Waals surface area contributed by atoms with E-state index in [1.165, 1.54) is 17.0 Å². The minimum absolute atomic E-state index is 0.136. The first-order valence-corrected chi connectivity index (χ1v) is 13.9. The Morgan fingerprint density at radius 2 is 1.51 bits per heavy atom. The first-order chi connectivity index (χ1) is 19.9. The zero-order valence-electron chi connectivity index (χ0n) is 22.8. The predicted molar refractivity (Wildman–Crippen MR) is 161 cm³/mol. The Kier molecular flexibility index (Phi) is 8.80. The summed E-state index contributed by atoms with van der Waals surface area (Å²) < 4.78 is 13.6. The Morgan fingerprint density at radius 1 is 0.829 bits per heavy atom. The van der Waals surface area contributed by atoms with Crippen LogP contribution in [0.4, 0.5) is 4.39 Å². The van der Waals surface area contributed by atoms with Crippen LogP contribution in [0.2, 0.25) is 5.02 Å². The third-order valence-electron chi connectivity index (χ3n) is 7.14. The summed E-state index contributed by atoms with van der Waals surface area (Å²) in [5.74, 6) is -0.862. The van der Waals surface area contributed by atoms with E-state index in [9.17, 15) is 14.0 Å². The number of aromatic nitrogens is 1. The fourth-order valence-corrected chi connectivity index (χ4v) is 5.07. The van der Waals surface area contributed by atoms with Crippen molar-refractivity contribution >= 4 is 34.3 Å². The number of benzene rings is 4. The van der Waals surface area contributed by atoms with Crippen molar-refractivity contribution in [2.24, 2.45) is 0 Å². The lowest BCUT2D eigenvalue weighted by atomic mass is 10.1. The van der Waals surface area contributed by atoms with Crippen molar-refractivity contribution in [3.63, 3.8) is 0 Å². The van der Waals surface area contributed by atoms with E-state index in [1.54, 1.807) is 41.3 Å². The smallest absolute Gasteiger partial charge is 0.254 e. The van der Waals surface area contributed by atoms with Crippen molar-refractivity contribution in [3.05, 3.63) is 142 Å². The maximum Gasteiger partial charge on any atom is 0.254 e. The van der Waals surface area contributed by atoms with Crippen LogP contribution in [0.15, 0.2) is 103 Å². The SMILES string of the molecule is Cc1ccc(CN(CCc2c[nH]c3ccccc23)C(=O)CN(Cc2ccc(F)cc2)C(=O)c2cccc(Cl)c2)cc1. The van der Waals surface area contributed by atoms with Gasteiger partial charge in [0, 0.05) is 47.3 Å². The summed E-state index contributed by atoms with van der Waals surface area (Å²) in [5, 5.41) is 1.56. The third kappa shape index (κ3) is 7.21. The molecule has 0 radical (unpaired) electrons. The first-order valence-electron chi connectivity index (χ1n) is 13.5. The zero-order valence-corrected chi connectivity index (χ0v) is 23.6. The monoisotopic (exact) mass is 567 g/mol. The molecule has 0 bridgehead atoms. The Balaban J connectivity index is 1.40. The van der Waals surface area contributed by atoms with E-state index in [1.807, 2.05) is 55.6 Å². The molecule has 0 spiro atoms. The molecular formula is C34H31ClFN3O2. The molecule has 1 aromatic heterocycles. The molecule has 1 heterocycles. The molecule has 5 rings (SSSR count). The molecule has 41 heavy (non-hydrogen) atoms. The van der Waals surface area contributed by atoms with Gasteiger partial charge in [0.2, 0.25) is 5.91 Å². The van der Waals surface area contributed by atoms with Crippen LogP contribution < -0.4 is 0 Å². The van der Waals surface area contributed by atoms with Crippen LogP contribution in [0.3, 0.4) is 0 Å². The van der Waals surface area contributed by atoms with Gasteiger partial charge in [-0.1, -0.05) is 77.8 Å². The number of carbonyl (C=O) groups is 2. The summed E-state index contributed by atoms with van der Waals surface area (Å²) in [5.41, 5.74) is 5.43. The topological polar surface area (TPSA) is 56.4 Å². The Hall–Kier alpha value is -4.42. The van der Waals surface area contributed by atoms with E-state index in [0.29, 0.717) is 30.1 Å². The molecule has 0 saturated carbocycles. The Bertz CT molecular complexity index is 1650. The number of para-hydroxylation sites is 1. The summed E-state index contributed by atoms with van der Waals surface area (Å²) in [6, 6.07) is 28.8. The van der Waals surface area contributed by atoms with Crippen molar-refractivity contribution in [1.82, 2.24) is 14.8 Å². The van der Waals surface area contributed by atoms with E-state index >= 15 is 0 Å². The number of carbonyl (C=O) groups excluding carboxylic acids is 2. The molecule has 0 fully saturated rings. The highest BCUT2D eigenvalue weighted by Crippen LogP contribution is 2.20. The second-order valence-electron chi connectivity index (χ2n) is 10.2. The summed E-state index contributed by atoms with van der Waals surface area (Å²) >= 11 is 6.17. The lowest BCUT2D eigenvalue weighted by molar-refractivity contribution is -0.132. The lowest BCUT2D eigenvalue weighted by Gasteiger charge is -2.28. The van der Waals surface area contributed by atoms with Crippen LogP contribution in [0, 0.1) is 12.7 Å². The predicted octanol–water partition coefficient (Wildman–Crippen LogP) is 7.18. The van der Waals surface area contributed by atoms with Gasteiger partial charge < -0.3 is 14.8 Å². The number of H-pyrrole nitrogens is 1. The van der Waals surface area contributed by atoms with Crippen molar-refractivity contribution in [3.8, 4) is 0 Å². The van der Waals surface area contributed by atoms with Crippen LogP contribution in [-0.4, -0.2) is 39.7 Å². The van der Waals surface area contributed by atoms with Gasteiger partial charge in [0.1, 0.15) is 12.4 Å². The molecule has 4 aromatic carbocycles. The van der Waals surface area contributed by atoms with E-state index in [2.05, 4.69) is 11.1 Å². The van der Waals surface area contributed by atoms with Gasteiger partial charge in [-0.3, -0.25) is 9.59 Å². The number of aryl methyl sites for hydroxylation is 1. The summed E-state index contributed by atoms with van der Waals surface area (Å²) in [7, 11) is 0. The molecule has 5 aromatic rings.